The highest BCUT2D eigenvalue weighted by atomic mass is 16.5. The van der Waals surface area contributed by atoms with Gasteiger partial charge in [-0.3, -0.25) is 4.99 Å². The largest absolute Gasteiger partial charge is 0.497 e. The lowest BCUT2D eigenvalue weighted by atomic mass is 9.98. The second-order valence-electron chi connectivity index (χ2n) is 8.70. The topological polar surface area (TPSA) is 49.3 Å². The van der Waals surface area contributed by atoms with E-state index in [9.17, 15) is 0 Å². The zero-order valence-corrected chi connectivity index (χ0v) is 19.6. The minimum Gasteiger partial charge on any atom is -0.497 e. The van der Waals surface area contributed by atoms with Gasteiger partial charge in [0.1, 0.15) is 11.5 Å². The highest BCUT2D eigenvalue weighted by molar-refractivity contribution is 5.80. The molecule has 4 rings (SSSR count). The number of nitrogens with zero attached hydrogens (tertiary/aromatic N) is 3. The van der Waals surface area contributed by atoms with Crippen LogP contribution in [0.25, 0.3) is 0 Å². The average molecular weight is 437 g/mol. The molecule has 0 aliphatic carbocycles. The maximum atomic E-state index is 5.39. The monoisotopic (exact) mass is 436 g/mol. The van der Waals surface area contributed by atoms with Crippen LogP contribution in [0.2, 0.25) is 0 Å². The normalized spacial score (nSPS) is 21.2. The molecule has 6 nitrogen and oxygen atoms in total. The van der Waals surface area contributed by atoms with Crippen molar-refractivity contribution >= 4 is 11.6 Å². The van der Waals surface area contributed by atoms with Crippen LogP contribution in [0.5, 0.6) is 11.5 Å². The van der Waals surface area contributed by atoms with Gasteiger partial charge in [0.05, 0.1) is 14.2 Å². The molecule has 2 aliphatic rings. The maximum absolute atomic E-state index is 5.39. The molecule has 1 N–H and O–H groups in total. The minimum absolute atomic E-state index is 0.541. The number of likely N-dealkylation sites (tertiary alicyclic amines) is 1. The first kappa shape index (κ1) is 22.3. The van der Waals surface area contributed by atoms with Crippen molar-refractivity contribution in [3.05, 3.63) is 54.1 Å². The summed E-state index contributed by atoms with van der Waals surface area (Å²) < 4.78 is 10.7. The molecule has 6 heteroatoms. The molecule has 2 fully saturated rings. The van der Waals surface area contributed by atoms with Gasteiger partial charge in [0.25, 0.3) is 0 Å². The predicted molar refractivity (Wildman–Crippen MR) is 131 cm³/mol. The van der Waals surface area contributed by atoms with Crippen LogP contribution in [0.3, 0.4) is 0 Å². The summed E-state index contributed by atoms with van der Waals surface area (Å²) in [5.41, 5.74) is 2.62. The summed E-state index contributed by atoms with van der Waals surface area (Å²) in [4.78, 5) is 9.93. The number of hydrogen-bond acceptors (Lipinski definition) is 4. The van der Waals surface area contributed by atoms with Crippen LogP contribution in [0, 0.1) is 5.92 Å². The summed E-state index contributed by atoms with van der Waals surface area (Å²) in [6.45, 7) is 8.09. The summed E-state index contributed by atoms with van der Waals surface area (Å²) in [6, 6.07) is 16.9. The number of hydrogen-bond donors (Lipinski definition) is 1. The number of aliphatic imine (C=N–C) groups is 1. The molecule has 0 amide bonds. The van der Waals surface area contributed by atoms with Gasteiger partial charge in [0, 0.05) is 56.9 Å². The number of methoxy groups -OCH3 is 2. The van der Waals surface area contributed by atoms with Crippen LogP contribution >= 0.6 is 0 Å². The summed E-state index contributed by atoms with van der Waals surface area (Å²) >= 11 is 0. The van der Waals surface area contributed by atoms with Gasteiger partial charge in [0.15, 0.2) is 5.96 Å². The molecule has 32 heavy (non-hydrogen) atoms. The molecule has 2 heterocycles. The first-order valence-electron chi connectivity index (χ1n) is 11.8. The number of ether oxygens (including phenoxy) is 2. The molecule has 172 valence electrons. The van der Waals surface area contributed by atoms with E-state index in [0.29, 0.717) is 11.8 Å². The fourth-order valence-electron chi connectivity index (χ4n) is 4.77. The molecule has 2 aliphatic heterocycles. The van der Waals surface area contributed by atoms with Crippen molar-refractivity contribution in [2.24, 2.45) is 10.9 Å². The Bertz CT molecular complexity index is 899. The van der Waals surface area contributed by atoms with Crippen LogP contribution in [0.1, 0.15) is 31.2 Å². The Morgan fingerprint density at radius 3 is 2.56 bits per heavy atom. The SMILES string of the molecule is CCNC(=NCC1CCN(c2cccc(OC)c2)C1)N1CCC(c2ccc(OC)cc2)C1. The van der Waals surface area contributed by atoms with Crippen molar-refractivity contribution in [3.63, 3.8) is 0 Å². The zero-order valence-electron chi connectivity index (χ0n) is 19.6. The standard InChI is InChI=1S/C26H36N4O2/c1-4-27-26(30-15-13-22(19-30)21-8-10-24(31-2)11-9-21)28-17-20-12-14-29(18-20)23-6-5-7-25(16-23)32-3/h5-11,16,20,22H,4,12-15,17-19H2,1-3H3,(H,27,28). The number of nitrogens with one attached hydrogen (secondary N) is 1. The third kappa shape index (κ3) is 5.29. The number of rotatable bonds is 7. The van der Waals surface area contributed by atoms with Crippen molar-refractivity contribution < 1.29 is 9.47 Å². The molecule has 2 aromatic carbocycles. The quantitative estimate of drug-likeness (QED) is 0.525. The summed E-state index contributed by atoms with van der Waals surface area (Å²) in [7, 11) is 3.44. The summed E-state index contributed by atoms with van der Waals surface area (Å²) in [6.07, 6.45) is 2.33. The molecule has 2 atom stereocenters. The van der Waals surface area contributed by atoms with Crippen LogP contribution in [-0.4, -0.2) is 64.3 Å². The van der Waals surface area contributed by atoms with Crippen molar-refractivity contribution in [1.82, 2.24) is 10.2 Å². The van der Waals surface area contributed by atoms with Crippen molar-refractivity contribution in [1.29, 1.82) is 0 Å². The molecule has 0 radical (unpaired) electrons. The van der Waals surface area contributed by atoms with E-state index < -0.39 is 0 Å². The first-order valence-corrected chi connectivity index (χ1v) is 11.8. The van der Waals surface area contributed by atoms with Crippen molar-refractivity contribution in [2.45, 2.75) is 25.7 Å². The Balaban J connectivity index is 1.35. The van der Waals surface area contributed by atoms with E-state index >= 15 is 0 Å². The summed E-state index contributed by atoms with van der Waals surface area (Å²) in [5.74, 6) is 4.01. The van der Waals surface area contributed by atoms with Gasteiger partial charge in [0.2, 0.25) is 0 Å². The molecule has 2 unspecified atom stereocenters. The predicted octanol–water partition coefficient (Wildman–Crippen LogP) is 3.99. The average Bonchev–Trinajstić information content (AvgIpc) is 3.52. The van der Waals surface area contributed by atoms with E-state index in [1.54, 1.807) is 14.2 Å². The lowest BCUT2D eigenvalue weighted by Crippen LogP contribution is -2.40. The molecular weight excluding hydrogens is 400 g/mol. The van der Waals surface area contributed by atoms with E-state index in [4.69, 9.17) is 14.5 Å². The van der Waals surface area contributed by atoms with E-state index in [1.807, 2.05) is 6.07 Å². The Hall–Kier alpha value is -2.89. The minimum atomic E-state index is 0.541. The third-order valence-electron chi connectivity index (χ3n) is 6.61. The van der Waals surface area contributed by atoms with E-state index in [-0.39, 0.29) is 0 Å². The third-order valence-corrected chi connectivity index (χ3v) is 6.61. The fraction of sp³-hybridized carbons (Fsp3) is 0.500. The number of guanidine groups is 1. The Labute approximate surface area is 192 Å². The van der Waals surface area contributed by atoms with Crippen LogP contribution in [0.15, 0.2) is 53.5 Å². The van der Waals surface area contributed by atoms with Gasteiger partial charge in [-0.05, 0) is 55.5 Å². The molecular formula is C26H36N4O2. The van der Waals surface area contributed by atoms with Gasteiger partial charge < -0.3 is 24.6 Å². The van der Waals surface area contributed by atoms with Gasteiger partial charge in [-0.25, -0.2) is 0 Å². The summed E-state index contributed by atoms with van der Waals surface area (Å²) in [5, 5.41) is 3.52. The second-order valence-corrected chi connectivity index (χ2v) is 8.70. The molecule has 2 aromatic rings. The van der Waals surface area contributed by atoms with Gasteiger partial charge in [-0.1, -0.05) is 18.2 Å². The molecule has 2 saturated heterocycles. The first-order chi connectivity index (χ1) is 15.7. The van der Waals surface area contributed by atoms with Crippen molar-refractivity contribution in [2.75, 3.05) is 58.4 Å². The van der Waals surface area contributed by atoms with Gasteiger partial charge in [-0.15, -0.1) is 0 Å². The second kappa shape index (κ2) is 10.6. The molecule has 0 saturated carbocycles. The lowest BCUT2D eigenvalue weighted by molar-refractivity contribution is 0.414. The van der Waals surface area contributed by atoms with Crippen LogP contribution in [0.4, 0.5) is 5.69 Å². The van der Waals surface area contributed by atoms with Gasteiger partial charge >= 0.3 is 0 Å². The van der Waals surface area contributed by atoms with E-state index in [2.05, 4.69) is 64.5 Å². The highest BCUT2D eigenvalue weighted by Crippen LogP contribution is 2.29. The maximum Gasteiger partial charge on any atom is 0.193 e. The Morgan fingerprint density at radius 1 is 1.00 bits per heavy atom. The van der Waals surface area contributed by atoms with Crippen LogP contribution in [-0.2, 0) is 0 Å². The fourth-order valence-corrected chi connectivity index (χ4v) is 4.77. The smallest absolute Gasteiger partial charge is 0.193 e. The van der Waals surface area contributed by atoms with E-state index in [1.165, 1.54) is 17.7 Å². The Kier molecular flexibility index (Phi) is 7.40. The van der Waals surface area contributed by atoms with Gasteiger partial charge in [-0.2, -0.15) is 0 Å². The van der Waals surface area contributed by atoms with Crippen molar-refractivity contribution in [3.8, 4) is 11.5 Å². The van der Waals surface area contributed by atoms with Crippen LogP contribution < -0.4 is 19.7 Å². The zero-order chi connectivity index (χ0) is 22.3. The molecule has 0 aromatic heterocycles. The molecule has 0 bridgehead atoms. The lowest BCUT2D eigenvalue weighted by Gasteiger charge is -2.23. The number of anilines is 1. The number of benzene rings is 2. The highest BCUT2D eigenvalue weighted by Gasteiger charge is 2.27. The van der Waals surface area contributed by atoms with E-state index in [0.717, 1.165) is 63.1 Å². The molecule has 0 spiro atoms. The Morgan fingerprint density at radius 2 is 1.81 bits per heavy atom.